The number of aliphatic hydroxyl groups is 1. The lowest BCUT2D eigenvalue weighted by Gasteiger charge is -2.05. The van der Waals surface area contributed by atoms with Gasteiger partial charge in [-0.3, -0.25) is 4.79 Å². The normalized spacial score (nSPS) is 11.4. The molecule has 0 amide bonds. The van der Waals surface area contributed by atoms with E-state index in [0.717, 1.165) is 16.7 Å². The third-order valence-electron chi connectivity index (χ3n) is 2.98. The first-order valence-corrected chi connectivity index (χ1v) is 6.18. The molecule has 2 rings (SSSR count). The topological polar surface area (TPSA) is 37.3 Å². The van der Waals surface area contributed by atoms with Crippen LogP contribution in [0.1, 0.15) is 12.5 Å². The molecule has 19 heavy (non-hydrogen) atoms. The van der Waals surface area contributed by atoms with Gasteiger partial charge in [0.15, 0.2) is 5.78 Å². The third kappa shape index (κ3) is 3.39. The Hall–Kier alpha value is -2.19. The van der Waals surface area contributed by atoms with Crippen molar-refractivity contribution in [3.63, 3.8) is 0 Å². The van der Waals surface area contributed by atoms with E-state index in [2.05, 4.69) is 12.1 Å². The molecule has 0 unspecified atom stereocenters. The molecule has 0 aliphatic carbocycles. The van der Waals surface area contributed by atoms with Crippen LogP contribution in [0.15, 0.2) is 60.7 Å². The molecule has 2 nitrogen and oxygen atoms in total. The van der Waals surface area contributed by atoms with E-state index in [1.807, 2.05) is 49.4 Å². The molecule has 0 saturated carbocycles. The number of allylic oxidation sites excluding steroid dienone is 1. The molecule has 0 bridgehead atoms. The molecule has 0 radical (unpaired) electrons. The average Bonchev–Trinajstić information content (AvgIpc) is 2.48. The fourth-order valence-electron chi connectivity index (χ4n) is 1.93. The Kier molecular flexibility index (Phi) is 4.26. The van der Waals surface area contributed by atoms with Crippen LogP contribution in [0.4, 0.5) is 0 Å². The van der Waals surface area contributed by atoms with Crippen molar-refractivity contribution < 1.29 is 9.90 Å². The highest BCUT2D eigenvalue weighted by atomic mass is 16.3. The van der Waals surface area contributed by atoms with Gasteiger partial charge in [0.1, 0.15) is 6.61 Å². The van der Waals surface area contributed by atoms with Gasteiger partial charge in [-0.1, -0.05) is 54.6 Å². The number of rotatable bonds is 4. The van der Waals surface area contributed by atoms with Crippen LogP contribution in [0.5, 0.6) is 0 Å². The zero-order valence-corrected chi connectivity index (χ0v) is 10.8. The van der Waals surface area contributed by atoms with Crippen molar-refractivity contribution in [1.29, 1.82) is 0 Å². The Labute approximate surface area is 113 Å². The minimum Gasteiger partial charge on any atom is -0.388 e. The van der Waals surface area contributed by atoms with Gasteiger partial charge in [0.25, 0.3) is 0 Å². The molecular formula is C17H16O2. The molecule has 0 spiro atoms. The maximum atomic E-state index is 11.2. The number of carbonyl (C=O) groups is 1. The second-order valence-electron chi connectivity index (χ2n) is 4.40. The quantitative estimate of drug-likeness (QED) is 0.847. The van der Waals surface area contributed by atoms with Crippen molar-refractivity contribution in [3.8, 4) is 11.1 Å². The number of benzene rings is 2. The van der Waals surface area contributed by atoms with E-state index in [4.69, 9.17) is 5.11 Å². The van der Waals surface area contributed by atoms with Crippen LogP contribution in [0, 0.1) is 0 Å². The predicted molar refractivity (Wildman–Crippen MR) is 77.6 cm³/mol. The van der Waals surface area contributed by atoms with Gasteiger partial charge >= 0.3 is 0 Å². The molecule has 0 fully saturated rings. The number of hydrogen-bond acceptors (Lipinski definition) is 2. The van der Waals surface area contributed by atoms with Crippen LogP contribution >= 0.6 is 0 Å². The molecule has 0 aliphatic heterocycles. The molecule has 0 heterocycles. The summed E-state index contributed by atoms with van der Waals surface area (Å²) in [7, 11) is 0. The van der Waals surface area contributed by atoms with Crippen molar-refractivity contribution in [2.75, 3.05) is 6.61 Å². The molecule has 2 aromatic carbocycles. The third-order valence-corrected chi connectivity index (χ3v) is 2.98. The Balaban J connectivity index is 2.24. The van der Waals surface area contributed by atoms with Crippen LogP contribution in [-0.4, -0.2) is 17.5 Å². The second kappa shape index (κ2) is 6.12. The maximum absolute atomic E-state index is 11.2. The number of carbonyl (C=O) groups excluding carboxylic acids is 1. The van der Waals surface area contributed by atoms with Crippen LogP contribution in [0.3, 0.4) is 0 Å². The van der Waals surface area contributed by atoms with Gasteiger partial charge in [-0.15, -0.1) is 0 Å². The lowest BCUT2D eigenvalue weighted by atomic mass is 10.0. The van der Waals surface area contributed by atoms with Crippen molar-refractivity contribution >= 4 is 11.4 Å². The van der Waals surface area contributed by atoms with Gasteiger partial charge < -0.3 is 5.11 Å². The number of hydrogen-bond donors (Lipinski definition) is 1. The van der Waals surface area contributed by atoms with Gasteiger partial charge in [-0.2, -0.15) is 0 Å². The first kappa shape index (κ1) is 13.2. The van der Waals surface area contributed by atoms with Crippen molar-refractivity contribution in [1.82, 2.24) is 0 Å². The minimum atomic E-state index is -0.445. The lowest BCUT2D eigenvalue weighted by Crippen LogP contribution is -1.99. The van der Waals surface area contributed by atoms with E-state index < -0.39 is 6.61 Å². The monoisotopic (exact) mass is 252 g/mol. The summed E-state index contributed by atoms with van der Waals surface area (Å²) in [6, 6.07) is 18.2. The van der Waals surface area contributed by atoms with Crippen LogP contribution in [0.2, 0.25) is 0 Å². The highest BCUT2D eigenvalue weighted by Crippen LogP contribution is 2.22. The van der Waals surface area contributed by atoms with Crippen LogP contribution < -0.4 is 0 Å². The summed E-state index contributed by atoms with van der Waals surface area (Å²) in [4.78, 5) is 11.2. The Morgan fingerprint density at radius 2 is 1.58 bits per heavy atom. The Morgan fingerprint density at radius 3 is 2.16 bits per heavy atom. The summed E-state index contributed by atoms with van der Waals surface area (Å²) in [5, 5.41) is 8.73. The Morgan fingerprint density at radius 1 is 1.00 bits per heavy atom. The molecule has 0 saturated heterocycles. The van der Waals surface area contributed by atoms with Gasteiger partial charge in [-0.25, -0.2) is 0 Å². The first-order valence-electron chi connectivity index (χ1n) is 6.18. The standard InChI is InChI=1S/C17H16O2/c1-13(11-17(19)12-18)14-7-9-16(10-8-14)15-5-3-2-4-6-15/h2-11,18H,12H2,1H3. The van der Waals surface area contributed by atoms with Crippen molar-refractivity contribution in [2.24, 2.45) is 0 Å². The molecule has 0 aliphatic rings. The summed E-state index contributed by atoms with van der Waals surface area (Å²) in [5.74, 6) is -0.273. The molecule has 1 N–H and O–H groups in total. The molecule has 2 aromatic rings. The SMILES string of the molecule is CC(=CC(=O)CO)c1ccc(-c2ccccc2)cc1. The van der Waals surface area contributed by atoms with E-state index >= 15 is 0 Å². The van der Waals surface area contributed by atoms with E-state index in [0.29, 0.717) is 0 Å². The highest BCUT2D eigenvalue weighted by Gasteiger charge is 2.01. The van der Waals surface area contributed by atoms with Gasteiger partial charge in [0.2, 0.25) is 0 Å². The summed E-state index contributed by atoms with van der Waals surface area (Å²) >= 11 is 0. The lowest BCUT2D eigenvalue weighted by molar-refractivity contribution is -0.117. The largest absolute Gasteiger partial charge is 0.388 e. The van der Waals surface area contributed by atoms with Crippen molar-refractivity contribution in [2.45, 2.75) is 6.92 Å². The zero-order valence-electron chi connectivity index (χ0n) is 10.8. The molecule has 0 atom stereocenters. The fraction of sp³-hybridized carbons (Fsp3) is 0.118. The van der Waals surface area contributed by atoms with Crippen LogP contribution in [-0.2, 0) is 4.79 Å². The van der Waals surface area contributed by atoms with Gasteiger partial charge in [0.05, 0.1) is 0 Å². The maximum Gasteiger partial charge on any atom is 0.181 e. The van der Waals surface area contributed by atoms with Gasteiger partial charge in [-0.05, 0) is 35.3 Å². The van der Waals surface area contributed by atoms with Gasteiger partial charge in [0, 0.05) is 0 Å². The van der Waals surface area contributed by atoms with Crippen molar-refractivity contribution in [3.05, 3.63) is 66.2 Å². The first-order chi connectivity index (χ1) is 9.20. The summed E-state index contributed by atoms with van der Waals surface area (Å²) in [6.45, 7) is 1.42. The van der Waals surface area contributed by atoms with E-state index in [1.165, 1.54) is 11.6 Å². The molecule has 0 aromatic heterocycles. The fourth-order valence-corrected chi connectivity index (χ4v) is 1.93. The molecule has 96 valence electrons. The Bertz CT molecular complexity index is 580. The molecule has 2 heteroatoms. The second-order valence-corrected chi connectivity index (χ2v) is 4.40. The van der Waals surface area contributed by atoms with E-state index in [9.17, 15) is 4.79 Å². The number of aliphatic hydroxyl groups excluding tert-OH is 1. The highest BCUT2D eigenvalue weighted by molar-refractivity contribution is 5.97. The van der Waals surface area contributed by atoms with Crippen LogP contribution in [0.25, 0.3) is 16.7 Å². The predicted octanol–water partition coefficient (Wildman–Crippen LogP) is 3.32. The molecular weight excluding hydrogens is 236 g/mol. The summed E-state index contributed by atoms with van der Waals surface area (Å²) < 4.78 is 0. The summed E-state index contributed by atoms with van der Waals surface area (Å²) in [5.41, 5.74) is 4.16. The minimum absolute atomic E-state index is 0.273. The smallest absolute Gasteiger partial charge is 0.181 e. The average molecular weight is 252 g/mol. The zero-order chi connectivity index (χ0) is 13.7. The van der Waals surface area contributed by atoms with E-state index in [1.54, 1.807) is 0 Å². The summed E-state index contributed by atoms with van der Waals surface area (Å²) in [6.07, 6.45) is 1.47. The van der Waals surface area contributed by atoms with E-state index in [-0.39, 0.29) is 5.78 Å². The number of ketones is 1.